The average molecular weight is 221 g/mol. The van der Waals surface area contributed by atoms with Gasteiger partial charge in [0.2, 0.25) is 0 Å². The minimum absolute atomic E-state index is 0.452. The van der Waals surface area contributed by atoms with Crippen LogP contribution in [0, 0.1) is 5.82 Å². The van der Waals surface area contributed by atoms with Crippen molar-refractivity contribution in [2.45, 2.75) is 13.1 Å². The zero-order valence-corrected chi connectivity index (χ0v) is 7.65. The molecule has 0 aliphatic carbocycles. The number of hydrogen-bond acceptors (Lipinski definition) is 2. The highest BCUT2D eigenvalue weighted by molar-refractivity contribution is 5.95. The normalized spacial score (nSPS) is 11.5. The number of nitrogens with two attached hydrogens (primary N) is 1. The van der Waals surface area contributed by atoms with Gasteiger partial charge >= 0.3 is 6.18 Å². The van der Waals surface area contributed by atoms with Crippen LogP contribution in [0.3, 0.4) is 0 Å². The third-order valence-electron chi connectivity index (χ3n) is 1.81. The van der Waals surface area contributed by atoms with Crippen LogP contribution in [0.1, 0.15) is 22.8 Å². The van der Waals surface area contributed by atoms with Gasteiger partial charge in [0, 0.05) is 0 Å². The molecule has 0 unspecified atom stereocenters. The Bertz CT molecular complexity index is 411. The maximum Gasteiger partial charge on any atom is 0.416 e. The van der Waals surface area contributed by atoms with E-state index in [1.54, 1.807) is 0 Å². The standard InChI is InChI=1S/C9H7F4NO/c1-4(15)6-2-5(9(11,12)13)3-7(14)8(6)10/h2-3H,14H2,1H3. The van der Waals surface area contributed by atoms with Gasteiger partial charge in [-0.25, -0.2) is 4.39 Å². The Morgan fingerprint density at radius 3 is 2.27 bits per heavy atom. The van der Waals surface area contributed by atoms with Crippen LogP contribution in [0.2, 0.25) is 0 Å². The monoisotopic (exact) mass is 221 g/mol. The summed E-state index contributed by atoms with van der Waals surface area (Å²) < 4.78 is 49.9. The maximum absolute atomic E-state index is 13.1. The average Bonchev–Trinajstić information content (AvgIpc) is 2.06. The van der Waals surface area contributed by atoms with Crippen LogP contribution in [0.5, 0.6) is 0 Å². The van der Waals surface area contributed by atoms with E-state index < -0.39 is 34.6 Å². The topological polar surface area (TPSA) is 43.1 Å². The Morgan fingerprint density at radius 2 is 1.87 bits per heavy atom. The first-order valence-electron chi connectivity index (χ1n) is 3.90. The second kappa shape index (κ2) is 3.52. The molecule has 1 aromatic rings. The van der Waals surface area contributed by atoms with E-state index in [9.17, 15) is 22.4 Å². The highest BCUT2D eigenvalue weighted by Crippen LogP contribution is 2.32. The number of alkyl halides is 3. The van der Waals surface area contributed by atoms with Gasteiger partial charge in [0.05, 0.1) is 16.8 Å². The summed E-state index contributed by atoms with van der Waals surface area (Å²) in [4.78, 5) is 10.8. The number of benzene rings is 1. The van der Waals surface area contributed by atoms with Gasteiger partial charge < -0.3 is 5.73 Å². The van der Waals surface area contributed by atoms with E-state index in [4.69, 9.17) is 5.73 Å². The molecule has 0 aliphatic rings. The van der Waals surface area contributed by atoms with Gasteiger partial charge in [-0.2, -0.15) is 13.2 Å². The third kappa shape index (κ3) is 2.26. The number of carbonyl (C=O) groups excluding carboxylic acids is 1. The summed E-state index contributed by atoms with van der Waals surface area (Å²) in [5.41, 5.74) is 2.56. The quantitative estimate of drug-likeness (QED) is 0.450. The maximum atomic E-state index is 13.1. The molecule has 0 aliphatic heterocycles. The predicted octanol–water partition coefficient (Wildman–Crippen LogP) is 2.63. The second-order valence-electron chi connectivity index (χ2n) is 2.98. The van der Waals surface area contributed by atoms with Crippen molar-refractivity contribution in [3.8, 4) is 0 Å². The zero-order valence-electron chi connectivity index (χ0n) is 7.65. The van der Waals surface area contributed by atoms with E-state index >= 15 is 0 Å². The van der Waals surface area contributed by atoms with E-state index in [0.717, 1.165) is 6.92 Å². The van der Waals surface area contributed by atoms with E-state index in [-0.39, 0.29) is 0 Å². The molecule has 0 atom stereocenters. The van der Waals surface area contributed by atoms with Crippen LogP contribution in [0.4, 0.5) is 23.2 Å². The summed E-state index contributed by atoms with van der Waals surface area (Å²) in [7, 11) is 0. The van der Waals surface area contributed by atoms with Gasteiger partial charge in [0.25, 0.3) is 0 Å². The molecule has 2 N–H and O–H groups in total. The van der Waals surface area contributed by atoms with Gasteiger partial charge in [0.1, 0.15) is 0 Å². The molecule has 0 amide bonds. The lowest BCUT2D eigenvalue weighted by atomic mass is 10.1. The fraction of sp³-hybridized carbons (Fsp3) is 0.222. The number of ketones is 1. The summed E-state index contributed by atoms with van der Waals surface area (Å²) in [5, 5.41) is 0. The number of carbonyl (C=O) groups is 1. The number of hydrogen-bond donors (Lipinski definition) is 1. The van der Waals surface area contributed by atoms with Crippen LogP contribution in [-0.2, 0) is 6.18 Å². The lowest BCUT2D eigenvalue weighted by Crippen LogP contribution is -2.10. The van der Waals surface area contributed by atoms with Crippen LogP contribution in [-0.4, -0.2) is 5.78 Å². The number of rotatable bonds is 1. The fourth-order valence-corrected chi connectivity index (χ4v) is 1.07. The first-order valence-corrected chi connectivity index (χ1v) is 3.90. The molecule has 1 rings (SSSR count). The largest absolute Gasteiger partial charge is 0.416 e. The van der Waals surface area contributed by atoms with E-state index in [0.29, 0.717) is 12.1 Å². The lowest BCUT2D eigenvalue weighted by Gasteiger charge is -2.10. The molecule has 0 aromatic heterocycles. The third-order valence-corrected chi connectivity index (χ3v) is 1.81. The Morgan fingerprint density at radius 1 is 1.33 bits per heavy atom. The van der Waals surface area contributed by atoms with Crippen molar-refractivity contribution in [1.29, 1.82) is 0 Å². The Kier molecular flexibility index (Phi) is 2.70. The summed E-state index contributed by atoms with van der Waals surface area (Å²) in [6, 6.07) is 0.912. The minimum Gasteiger partial charge on any atom is -0.396 e. The lowest BCUT2D eigenvalue weighted by molar-refractivity contribution is -0.137. The van der Waals surface area contributed by atoms with Gasteiger partial charge in [-0.3, -0.25) is 4.79 Å². The molecular weight excluding hydrogens is 214 g/mol. The van der Waals surface area contributed by atoms with Crippen LogP contribution in [0.15, 0.2) is 12.1 Å². The molecule has 0 bridgehead atoms. The molecule has 1 aromatic carbocycles. The molecule has 82 valence electrons. The van der Waals surface area contributed by atoms with Gasteiger partial charge in [-0.15, -0.1) is 0 Å². The van der Waals surface area contributed by atoms with E-state index in [1.165, 1.54) is 0 Å². The van der Waals surface area contributed by atoms with Gasteiger partial charge in [-0.05, 0) is 19.1 Å². The Balaban J connectivity index is 3.43. The molecule has 0 spiro atoms. The summed E-state index contributed by atoms with van der Waals surface area (Å²) in [5.74, 6) is -1.92. The molecule has 0 fully saturated rings. The van der Waals surface area contributed by atoms with Crippen molar-refractivity contribution in [3.05, 3.63) is 29.1 Å². The van der Waals surface area contributed by atoms with Crippen molar-refractivity contribution in [2.75, 3.05) is 5.73 Å². The molecule has 0 radical (unpaired) electrons. The SMILES string of the molecule is CC(=O)c1cc(C(F)(F)F)cc(N)c1F. The van der Waals surface area contributed by atoms with E-state index in [2.05, 4.69) is 0 Å². The van der Waals surface area contributed by atoms with Crippen LogP contribution >= 0.6 is 0 Å². The Hall–Kier alpha value is -1.59. The zero-order chi connectivity index (χ0) is 11.8. The van der Waals surface area contributed by atoms with Crippen molar-refractivity contribution < 1.29 is 22.4 Å². The first kappa shape index (κ1) is 11.5. The van der Waals surface area contributed by atoms with E-state index in [1.807, 2.05) is 0 Å². The number of nitrogen functional groups attached to an aromatic ring is 1. The highest BCUT2D eigenvalue weighted by atomic mass is 19.4. The highest BCUT2D eigenvalue weighted by Gasteiger charge is 2.32. The van der Waals surface area contributed by atoms with Gasteiger partial charge in [0.15, 0.2) is 11.6 Å². The Labute approximate surface area is 82.7 Å². The number of halogens is 4. The molecule has 0 heterocycles. The van der Waals surface area contributed by atoms with Gasteiger partial charge in [-0.1, -0.05) is 0 Å². The second-order valence-corrected chi connectivity index (χ2v) is 2.98. The molecule has 6 heteroatoms. The molecule has 2 nitrogen and oxygen atoms in total. The molecule has 0 saturated heterocycles. The first-order chi connectivity index (χ1) is 6.73. The molecule has 15 heavy (non-hydrogen) atoms. The predicted molar refractivity (Wildman–Crippen MR) is 45.8 cm³/mol. The fourth-order valence-electron chi connectivity index (χ4n) is 1.07. The summed E-state index contributed by atoms with van der Waals surface area (Å²) in [6.45, 7) is 0.970. The number of Topliss-reactive ketones (excluding diaryl/α,β-unsaturated/α-hetero) is 1. The molecular formula is C9H7F4NO. The minimum atomic E-state index is -4.65. The van der Waals surface area contributed by atoms with Crippen molar-refractivity contribution in [3.63, 3.8) is 0 Å². The smallest absolute Gasteiger partial charge is 0.396 e. The van der Waals surface area contributed by atoms with Crippen molar-refractivity contribution >= 4 is 11.5 Å². The summed E-state index contributed by atoms with van der Waals surface area (Å²) >= 11 is 0. The summed E-state index contributed by atoms with van der Waals surface area (Å²) in [6.07, 6.45) is -4.65. The number of anilines is 1. The van der Waals surface area contributed by atoms with Crippen molar-refractivity contribution in [2.24, 2.45) is 0 Å². The molecule has 0 saturated carbocycles. The van der Waals surface area contributed by atoms with Crippen LogP contribution in [0.25, 0.3) is 0 Å². The van der Waals surface area contributed by atoms with Crippen LogP contribution < -0.4 is 5.73 Å². The van der Waals surface area contributed by atoms with Crippen molar-refractivity contribution in [1.82, 2.24) is 0 Å².